The van der Waals surface area contributed by atoms with E-state index in [1.165, 1.54) is 12.3 Å². The Bertz CT molecular complexity index is 1030. The zero-order chi connectivity index (χ0) is 23.1. The van der Waals surface area contributed by atoms with Crippen molar-refractivity contribution in [2.45, 2.75) is 31.1 Å². The van der Waals surface area contributed by atoms with E-state index in [2.05, 4.69) is 15.6 Å². The highest BCUT2D eigenvalue weighted by Gasteiger charge is 2.32. The van der Waals surface area contributed by atoms with Crippen molar-refractivity contribution >= 4 is 17.5 Å². The number of halogens is 4. The molecular formula is C24H23ClF3N3O. The molecule has 0 fully saturated rings. The number of carbonyl (C=O) groups is 1. The van der Waals surface area contributed by atoms with E-state index in [-0.39, 0.29) is 11.9 Å². The van der Waals surface area contributed by atoms with E-state index >= 15 is 0 Å². The lowest BCUT2D eigenvalue weighted by molar-refractivity contribution is -0.141. The molecule has 0 aliphatic heterocycles. The molecule has 0 bridgehead atoms. The van der Waals surface area contributed by atoms with Crippen LogP contribution >= 0.6 is 11.6 Å². The number of likely N-dealkylation sites (N-methyl/N-ethyl adjacent to an activating group) is 1. The lowest BCUT2D eigenvalue weighted by Gasteiger charge is -2.26. The highest BCUT2D eigenvalue weighted by Crippen LogP contribution is 2.29. The molecule has 32 heavy (non-hydrogen) atoms. The predicted octanol–water partition coefficient (Wildman–Crippen LogP) is 5.50. The van der Waals surface area contributed by atoms with E-state index in [1.807, 2.05) is 48.5 Å². The zero-order valence-corrected chi connectivity index (χ0v) is 18.1. The van der Waals surface area contributed by atoms with Crippen LogP contribution in [0.15, 0.2) is 72.9 Å². The summed E-state index contributed by atoms with van der Waals surface area (Å²) in [5, 5.41) is 6.64. The molecule has 4 nitrogen and oxygen atoms in total. The predicted molar refractivity (Wildman–Crippen MR) is 118 cm³/mol. The molecule has 0 aliphatic carbocycles. The SMILES string of the molecule is CNC(=O)C(NC(CCc1ccc(C(F)(F)F)nc1)c1cccc(Cl)c1)c1ccccc1. The highest BCUT2D eigenvalue weighted by molar-refractivity contribution is 6.30. The molecule has 2 N–H and O–H groups in total. The molecule has 1 amide bonds. The van der Waals surface area contributed by atoms with Crippen LogP contribution < -0.4 is 10.6 Å². The molecule has 2 unspecified atom stereocenters. The van der Waals surface area contributed by atoms with Gasteiger partial charge in [-0.2, -0.15) is 13.2 Å². The first-order valence-electron chi connectivity index (χ1n) is 10.1. The van der Waals surface area contributed by atoms with E-state index < -0.39 is 17.9 Å². The van der Waals surface area contributed by atoms with Crippen LogP contribution in [0.1, 0.15) is 40.9 Å². The van der Waals surface area contributed by atoms with Gasteiger partial charge in [-0.25, -0.2) is 0 Å². The maximum absolute atomic E-state index is 12.8. The van der Waals surface area contributed by atoms with Gasteiger partial charge in [0.1, 0.15) is 11.7 Å². The summed E-state index contributed by atoms with van der Waals surface area (Å²) in [6.45, 7) is 0. The molecule has 1 heterocycles. The van der Waals surface area contributed by atoms with Gasteiger partial charge in [-0.05, 0) is 47.7 Å². The van der Waals surface area contributed by atoms with E-state index in [1.54, 1.807) is 13.1 Å². The van der Waals surface area contributed by atoms with Crippen molar-refractivity contribution in [2.24, 2.45) is 0 Å². The van der Waals surface area contributed by atoms with Crippen molar-refractivity contribution < 1.29 is 18.0 Å². The number of nitrogens with one attached hydrogen (secondary N) is 2. The summed E-state index contributed by atoms with van der Waals surface area (Å²) in [6.07, 6.45) is -2.25. The van der Waals surface area contributed by atoms with Crippen molar-refractivity contribution in [1.29, 1.82) is 0 Å². The molecule has 2 atom stereocenters. The monoisotopic (exact) mass is 461 g/mol. The summed E-state index contributed by atoms with van der Waals surface area (Å²) in [5.41, 5.74) is 1.43. The molecule has 0 aliphatic rings. The average Bonchev–Trinajstić information content (AvgIpc) is 2.79. The molecule has 168 valence electrons. The van der Waals surface area contributed by atoms with Gasteiger partial charge in [0.2, 0.25) is 5.91 Å². The second kappa shape index (κ2) is 10.6. The Morgan fingerprint density at radius 3 is 2.34 bits per heavy atom. The third kappa shape index (κ3) is 6.31. The summed E-state index contributed by atoms with van der Waals surface area (Å²) in [7, 11) is 1.57. The van der Waals surface area contributed by atoms with Gasteiger partial charge in [0.25, 0.3) is 0 Å². The van der Waals surface area contributed by atoms with E-state index in [0.717, 1.165) is 17.2 Å². The number of carbonyl (C=O) groups excluding carboxylic acids is 1. The van der Waals surface area contributed by atoms with E-state index in [4.69, 9.17) is 11.6 Å². The van der Waals surface area contributed by atoms with Gasteiger partial charge in [-0.3, -0.25) is 15.1 Å². The van der Waals surface area contributed by atoms with Crippen molar-refractivity contribution in [3.8, 4) is 0 Å². The number of rotatable bonds is 8. The Hall–Kier alpha value is -2.90. The number of alkyl halides is 3. The molecule has 1 aromatic heterocycles. The third-order valence-corrected chi connectivity index (χ3v) is 5.33. The van der Waals surface area contributed by atoms with Crippen molar-refractivity contribution in [3.05, 3.63) is 100 Å². The Labute approximate surface area is 189 Å². The molecule has 0 saturated carbocycles. The molecule has 0 radical (unpaired) electrons. The summed E-state index contributed by atoms with van der Waals surface area (Å²) in [5.74, 6) is -0.195. The van der Waals surface area contributed by atoms with E-state index in [9.17, 15) is 18.0 Å². The van der Waals surface area contributed by atoms with Crippen LogP contribution in [0.25, 0.3) is 0 Å². The van der Waals surface area contributed by atoms with Gasteiger partial charge in [0.05, 0.1) is 0 Å². The Morgan fingerprint density at radius 2 is 1.75 bits per heavy atom. The van der Waals surface area contributed by atoms with Crippen LogP contribution in [-0.2, 0) is 17.4 Å². The number of amides is 1. The number of nitrogens with zero attached hydrogens (tertiary/aromatic N) is 1. The average molecular weight is 462 g/mol. The van der Waals surface area contributed by atoms with Gasteiger partial charge in [0.15, 0.2) is 0 Å². The molecule has 2 aromatic carbocycles. The number of aryl methyl sites for hydroxylation is 1. The Morgan fingerprint density at radius 1 is 1.03 bits per heavy atom. The molecule has 0 saturated heterocycles. The second-order valence-electron chi connectivity index (χ2n) is 7.32. The van der Waals surface area contributed by atoms with Crippen LogP contribution in [0.5, 0.6) is 0 Å². The molecular weight excluding hydrogens is 439 g/mol. The normalized spacial score (nSPS) is 13.4. The van der Waals surface area contributed by atoms with Gasteiger partial charge in [-0.1, -0.05) is 60.1 Å². The number of benzene rings is 2. The second-order valence-corrected chi connectivity index (χ2v) is 7.76. The highest BCUT2D eigenvalue weighted by atomic mass is 35.5. The van der Waals surface area contributed by atoms with Gasteiger partial charge in [0, 0.05) is 24.3 Å². The fourth-order valence-corrected chi connectivity index (χ4v) is 3.63. The van der Waals surface area contributed by atoms with Crippen molar-refractivity contribution in [1.82, 2.24) is 15.6 Å². The first-order chi connectivity index (χ1) is 15.3. The van der Waals surface area contributed by atoms with Crippen LogP contribution in [0.3, 0.4) is 0 Å². The van der Waals surface area contributed by atoms with Crippen LogP contribution in [-0.4, -0.2) is 17.9 Å². The first-order valence-corrected chi connectivity index (χ1v) is 10.5. The van der Waals surface area contributed by atoms with Crippen LogP contribution in [0, 0.1) is 0 Å². The number of hydrogen-bond donors (Lipinski definition) is 2. The molecule has 3 aromatic rings. The number of pyridine rings is 1. The van der Waals surface area contributed by atoms with Gasteiger partial charge >= 0.3 is 6.18 Å². The number of hydrogen-bond acceptors (Lipinski definition) is 3. The molecule has 8 heteroatoms. The Balaban J connectivity index is 1.84. The van der Waals surface area contributed by atoms with Gasteiger partial charge < -0.3 is 5.32 Å². The fraction of sp³-hybridized carbons (Fsp3) is 0.250. The van der Waals surface area contributed by atoms with Crippen LogP contribution in [0.2, 0.25) is 5.02 Å². The molecule has 0 spiro atoms. The maximum Gasteiger partial charge on any atom is 0.433 e. The van der Waals surface area contributed by atoms with Crippen molar-refractivity contribution in [3.63, 3.8) is 0 Å². The summed E-state index contributed by atoms with van der Waals surface area (Å²) in [6, 6.07) is 18.1. The quantitative estimate of drug-likeness (QED) is 0.465. The lowest BCUT2D eigenvalue weighted by Crippen LogP contribution is -2.38. The Kier molecular flexibility index (Phi) is 7.88. The topological polar surface area (TPSA) is 54.0 Å². The minimum atomic E-state index is -4.47. The first kappa shape index (κ1) is 23.8. The summed E-state index contributed by atoms with van der Waals surface area (Å²) < 4.78 is 38.4. The largest absolute Gasteiger partial charge is 0.433 e. The fourth-order valence-electron chi connectivity index (χ4n) is 3.43. The smallest absolute Gasteiger partial charge is 0.358 e. The van der Waals surface area contributed by atoms with Crippen molar-refractivity contribution in [2.75, 3.05) is 7.05 Å². The minimum Gasteiger partial charge on any atom is -0.358 e. The molecule has 3 rings (SSSR count). The zero-order valence-electron chi connectivity index (χ0n) is 17.4. The standard InChI is InChI=1S/C24H23ClF3N3O/c1-29-23(32)22(17-6-3-2-4-7-17)31-20(18-8-5-9-19(25)14-18)12-10-16-11-13-21(30-15-16)24(26,27)28/h2-9,11,13-15,20,22,31H,10,12H2,1H3,(H,29,32). The summed E-state index contributed by atoms with van der Waals surface area (Å²) in [4.78, 5) is 16.2. The lowest BCUT2D eigenvalue weighted by atomic mass is 9.96. The van der Waals surface area contributed by atoms with Gasteiger partial charge in [-0.15, -0.1) is 0 Å². The van der Waals surface area contributed by atoms with E-state index in [0.29, 0.717) is 23.4 Å². The minimum absolute atomic E-state index is 0.195. The number of aromatic nitrogens is 1. The van der Waals surface area contributed by atoms with Crippen LogP contribution in [0.4, 0.5) is 13.2 Å². The third-order valence-electron chi connectivity index (χ3n) is 5.10. The summed E-state index contributed by atoms with van der Waals surface area (Å²) >= 11 is 6.19. The maximum atomic E-state index is 12.8.